The van der Waals surface area contributed by atoms with Crippen molar-refractivity contribution in [2.75, 3.05) is 6.54 Å². The van der Waals surface area contributed by atoms with Gasteiger partial charge < -0.3 is 5.32 Å². The zero-order valence-corrected chi connectivity index (χ0v) is 13.7. The van der Waals surface area contributed by atoms with Crippen molar-refractivity contribution in [2.45, 2.75) is 53.0 Å². The first-order chi connectivity index (χ1) is 8.13. The van der Waals surface area contributed by atoms with Crippen LogP contribution in [0.1, 0.15) is 56.5 Å². The topological polar surface area (TPSA) is 12.0 Å². The van der Waals surface area contributed by atoms with Gasteiger partial charge in [-0.3, -0.25) is 0 Å². The van der Waals surface area contributed by atoms with Crippen molar-refractivity contribution in [3.05, 3.63) is 20.3 Å². The molecular weight excluding hydrogens is 294 g/mol. The molecule has 1 unspecified atom stereocenters. The highest BCUT2D eigenvalue weighted by molar-refractivity contribution is 9.11. The van der Waals surface area contributed by atoms with Crippen LogP contribution in [0.5, 0.6) is 0 Å². The molecule has 0 amide bonds. The molecule has 98 valence electrons. The molecule has 0 radical (unpaired) electrons. The largest absolute Gasteiger partial charge is 0.310 e. The van der Waals surface area contributed by atoms with Crippen molar-refractivity contribution in [2.24, 2.45) is 5.92 Å². The van der Waals surface area contributed by atoms with Crippen molar-refractivity contribution in [1.29, 1.82) is 0 Å². The molecule has 1 aromatic heterocycles. The van der Waals surface area contributed by atoms with Gasteiger partial charge in [0.2, 0.25) is 0 Å². The molecule has 0 aliphatic heterocycles. The number of nitrogens with one attached hydrogen (secondary N) is 1. The van der Waals surface area contributed by atoms with E-state index in [1.807, 2.05) is 11.3 Å². The minimum absolute atomic E-state index is 0.521. The molecule has 1 nitrogen and oxygen atoms in total. The monoisotopic (exact) mass is 317 g/mol. The van der Waals surface area contributed by atoms with E-state index in [-0.39, 0.29) is 0 Å². The summed E-state index contributed by atoms with van der Waals surface area (Å²) in [7, 11) is 0. The second-order valence-corrected chi connectivity index (χ2v) is 7.21. The van der Waals surface area contributed by atoms with Crippen LogP contribution in [0, 0.1) is 12.8 Å². The van der Waals surface area contributed by atoms with Gasteiger partial charge >= 0.3 is 0 Å². The Morgan fingerprint density at radius 1 is 1.29 bits per heavy atom. The van der Waals surface area contributed by atoms with Crippen molar-refractivity contribution < 1.29 is 0 Å². The Labute approximate surface area is 118 Å². The average Bonchev–Trinajstić information content (AvgIpc) is 2.64. The van der Waals surface area contributed by atoms with Crippen LogP contribution in [-0.2, 0) is 0 Å². The summed E-state index contributed by atoms with van der Waals surface area (Å²) in [5.74, 6) is 0.738. The Bertz CT molecular complexity index is 331. The quantitative estimate of drug-likeness (QED) is 0.720. The van der Waals surface area contributed by atoms with Crippen molar-refractivity contribution in [3.8, 4) is 0 Å². The highest BCUT2D eigenvalue weighted by atomic mass is 79.9. The summed E-state index contributed by atoms with van der Waals surface area (Å²) in [6.45, 7) is 10.2. The lowest BCUT2D eigenvalue weighted by Crippen LogP contribution is -2.28. The average molecular weight is 318 g/mol. The van der Waals surface area contributed by atoms with E-state index in [1.54, 1.807) is 0 Å². The van der Waals surface area contributed by atoms with Crippen molar-refractivity contribution >= 4 is 27.3 Å². The Morgan fingerprint density at radius 2 is 1.94 bits per heavy atom. The van der Waals surface area contributed by atoms with E-state index >= 15 is 0 Å². The molecule has 1 heterocycles. The Hall–Kier alpha value is 0.140. The van der Waals surface area contributed by atoms with Crippen LogP contribution in [0.2, 0.25) is 0 Å². The van der Waals surface area contributed by atoms with E-state index in [2.05, 4.69) is 55.0 Å². The van der Waals surface area contributed by atoms with E-state index in [0.717, 1.165) is 12.5 Å². The predicted octanol–water partition coefficient (Wildman–Crippen LogP) is 5.30. The van der Waals surface area contributed by atoms with E-state index in [9.17, 15) is 0 Å². The molecule has 1 N–H and O–H groups in total. The summed E-state index contributed by atoms with van der Waals surface area (Å²) in [5, 5.41) is 3.73. The molecule has 0 bridgehead atoms. The molecular formula is C14H24BrNS. The number of aryl methyl sites for hydroxylation is 1. The lowest BCUT2D eigenvalue weighted by Gasteiger charge is -2.26. The first-order valence-corrected chi connectivity index (χ1v) is 8.24. The van der Waals surface area contributed by atoms with Gasteiger partial charge in [-0.05, 0) is 53.4 Å². The first-order valence-electron chi connectivity index (χ1n) is 6.63. The summed E-state index contributed by atoms with van der Waals surface area (Å²) in [6, 6.07) is 2.82. The normalized spacial score (nSPS) is 13.3. The highest BCUT2D eigenvalue weighted by Gasteiger charge is 2.22. The van der Waals surface area contributed by atoms with Gasteiger partial charge in [0, 0.05) is 10.9 Å². The van der Waals surface area contributed by atoms with Gasteiger partial charge in [0.25, 0.3) is 0 Å². The van der Waals surface area contributed by atoms with Gasteiger partial charge in [0.15, 0.2) is 0 Å². The molecule has 1 aromatic rings. The molecule has 0 saturated heterocycles. The van der Waals surface area contributed by atoms with Gasteiger partial charge in [-0.15, -0.1) is 11.3 Å². The van der Waals surface area contributed by atoms with Gasteiger partial charge in [-0.1, -0.05) is 33.6 Å². The SMILES string of the molecule is CCCNC(c1cc(Br)sc1C)C(CC)CC. The second kappa shape index (κ2) is 7.55. The third kappa shape index (κ3) is 4.08. The van der Waals surface area contributed by atoms with E-state index < -0.39 is 0 Å². The van der Waals surface area contributed by atoms with Crippen LogP contribution >= 0.6 is 27.3 Å². The predicted molar refractivity (Wildman–Crippen MR) is 81.9 cm³/mol. The van der Waals surface area contributed by atoms with Gasteiger partial charge in [-0.25, -0.2) is 0 Å². The fraction of sp³-hybridized carbons (Fsp3) is 0.714. The minimum Gasteiger partial charge on any atom is -0.310 e. The highest BCUT2D eigenvalue weighted by Crippen LogP contribution is 2.35. The maximum Gasteiger partial charge on any atom is 0.0704 e. The van der Waals surface area contributed by atoms with E-state index in [0.29, 0.717) is 6.04 Å². The van der Waals surface area contributed by atoms with Crippen LogP contribution in [0.25, 0.3) is 0 Å². The van der Waals surface area contributed by atoms with E-state index in [1.165, 1.54) is 33.5 Å². The van der Waals surface area contributed by atoms with Crippen molar-refractivity contribution in [3.63, 3.8) is 0 Å². The second-order valence-electron chi connectivity index (χ2n) is 4.57. The molecule has 0 fully saturated rings. The maximum absolute atomic E-state index is 3.73. The molecule has 1 rings (SSSR count). The fourth-order valence-electron chi connectivity index (χ4n) is 2.36. The molecule has 3 heteroatoms. The summed E-state index contributed by atoms with van der Waals surface area (Å²) in [5.41, 5.74) is 1.49. The van der Waals surface area contributed by atoms with Crippen LogP contribution < -0.4 is 5.32 Å². The molecule has 0 aliphatic carbocycles. The van der Waals surface area contributed by atoms with Gasteiger partial charge in [-0.2, -0.15) is 0 Å². The van der Waals surface area contributed by atoms with Gasteiger partial charge in [0.05, 0.1) is 3.79 Å². The van der Waals surface area contributed by atoms with Crippen LogP contribution in [0.15, 0.2) is 9.85 Å². The van der Waals surface area contributed by atoms with Crippen LogP contribution in [0.3, 0.4) is 0 Å². The lowest BCUT2D eigenvalue weighted by molar-refractivity contribution is 0.341. The summed E-state index contributed by atoms with van der Waals surface area (Å²) >= 11 is 5.45. The summed E-state index contributed by atoms with van der Waals surface area (Å²) in [4.78, 5) is 1.44. The van der Waals surface area contributed by atoms with Gasteiger partial charge in [0.1, 0.15) is 0 Å². The zero-order valence-electron chi connectivity index (χ0n) is 11.3. The third-order valence-electron chi connectivity index (χ3n) is 3.40. The summed E-state index contributed by atoms with van der Waals surface area (Å²) in [6.07, 6.45) is 3.68. The minimum atomic E-state index is 0.521. The lowest BCUT2D eigenvalue weighted by atomic mass is 9.89. The zero-order chi connectivity index (χ0) is 12.8. The maximum atomic E-state index is 3.73. The number of hydrogen-bond acceptors (Lipinski definition) is 2. The van der Waals surface area contributed by atoms with Crippen molar-refractivity contribution in [1.82, 2.24) is 5.32 Å². The Morgan fingerprint density at radius 3 is 2.35 bits per heavy atom. The smallest absolute Gasteiger partial charge is 0.0704 e. The van der Waals surface area contributed by atoms with Crippen LogP contribution in [-0.4, -0.2) is 6.54 Å². The standard InChI is InChI=1S/C14H24BrNS/c1-5-8-16-14(11(6-2)7-3)12-9-13(15)17-10(12)4/h9,11,14,16H,5-8H2,1-4H3. The molecule has 0 aromatic carbocycles. The molecule has 17 heavy (non-hydrogen) atoms. The molecule has 1 atom stereocenters. The molecule has 0 aliphatic rings. The van der Waals surface area contributed by atoms with E-state index in [4.69, 9.17) is 0 Å². The first kappa shape index (κ1) is 15.2. The van der Waals surface area contributed by atoms with Crippen LogP contribution in [0.4, 0.5) is 0 Å². The Kier molecular flexibility index (Phi) is 6.75. The number of halogens is 1. The number of hydrogen-bond donors (Lipinski definition) is 1. The number of thiophene rings is 1. The fourth-order valence-corrected chi connectivity index (χ4v) is 4.11. The third-order valence-corrected chi connectivity index (χ3v) is 4.96. The summed E-state index contributed by atoms with van der Waals surface area (Å²) < 4.78 is 1.25. The molecule has 0 saturated carbocycles. The number of rotatable bonds is 7. The molecule has 0 spiro atoms. The Balaban J connectivity index is 2.92.